The minimum Gasteiger partial charge on any atom is -0.349 e. The first-order valence-electron chi connectivity index (χ1n) is 10.3. The summed E-state index contributed by atoms with van der Waals surface area (Å²) in [6.07, 6.45) is 1.73. The van der Waals surface area contributed by atoms with Gasteiger partial charge in [-0.25, -0.2) is 4.39 Å². The number of nitrogens with zero attached hydrogens (tertiary/aromatic N) is 2. The molecule has 0 aliphatic carbocycles. The Morgan fingerprint density at radius 1 is 1.09 bits per heavy atom. The van der Waals surface area contributed by atoms with Gasteiger partial charge in [0.25, 0.3) is 11.5 Å². The van der Waals surface area contributed by atoms with Gasteiger partial charge in [0.1, 0.15) is 16.5 Å². The standard InChI is InChI=1S/C25H24FN3O2S/c1-15(2)18-7-5-17(6-8-18)13-22-24(31)29(20-11-9-19(26)10-12-20)25(32-22)21(14-27)23(30)28-16(3)4/h5-13,15-16H,1-4H3,(H,28,30)/b22-13-,25-21-. The number of halogens is 1. The first-order valence-corrected chi connectivity index (χ1v) is 11.1. The second-order valence-corrected chi connectivity index (χ2v) is 9.00. The smallest absolute Gasteiger partial charge is 0.273 e. The number of amides is 1. The van der Waals surface area contributed by atoms with E-state index in [2.05, 4.69) is 19.2 Å². The maximum absolute atomic E-state index is 13.5. The number of aromatic nitrogens is 1. The maximum Gasteiger partial charge on any atom is 0.273 e. The van der Waals surface area contributed by atoms with E-state index in [1.165, 1.54) is 34.4 Å². The van der Waals surface area contributed by atoms with Crippen molar-refractivity contribution in [3.8, 4) is 11.8 Å². The lowest BCUT2D eigenvalue weighted by molar-refractivity contribution is -0.116. The van der Waals surface area contributed by atoms with E-state index < -0.39 is 11.7 Å². The molecule has 1 heterocycles. The Hall–Kier alpha value is -3.50. The van der Waals surface area contributed by atoms with Crippen molar-refractivity contribution in [1.82, 2.24) is 9.88 Å². The van der Waals surface area contributed by atoms with Gasteiger partial charge in [-0.3, -0.25) is 14.2 Å². The van der Waals surface area contributed by atoms with Crippen molar-refractivity contribution in [2.75, 3.05) is 0 Å². The Morgan fingerprint density at radius 3 is 2.25 bits per heavy atom. The molecule has 0 spiro atoms. The number of hydrogen-bond donors (Lipinski definition) is 1. The van der Waals surface area contributed by atoms with Crippen LogP contribution in [0.4, 0.5) is 4.39 Å². The fourth-order valence-corrected chi connectivity index (χ4v) is 4.24. The Kier molecular flexibility index (Phi) is 7.06. The summed E-state index contributed by atoms with van der Waals surface area (Å²) in [5.74, 6) is -0.620. The first kappa shape index (κ1) is 23.2. The average Bonchev–Trinajstić information content (AvgIpc) is 3.05. The van der Waals surface area contributed by atoms with Crippen LogP contribution in [0.1, 0.15) is 44.7 Å². The van der Waals surface area contributed by atoms with E-state index in [9.17, 15) is 19.2 Å². The largest absolute Gasteiger partial charge is 0.349 e. The van der Waals surface area contributed by atoms with E-state index in [4.69, 9.17) is 0 Å². The fourth-order valence-electron chi connectivity index (χ4n) is 3.13. The van der Waals surface area contributed by atoms with Gasteiger partial charge in [0, 0.05) is 6.04 Å². The molecule has 0 unspecified atom stereocenters. The molecule has 0 saturated carbocycles. The summed E-state index contributed by atoms with van der Waals surface area (Å²) in [6.45, 7) is 7.78. The SMILES string of the molecule is CC(C)NC(=O)/C(C#N)=c1\s/c(=C\c2ccc(C(C)C)cc2)c(=O)n1-c1ccc(F)cc1. The molecule has 32 heavy (non-hydrogen) atoms. The monoisotopic (exact) mass is 449 g/mol. The zero-order valence-corrected chi connectivity index (χ0v) is 19.2. The van der Waals surface area contributed by atoms with Crippen LogP contribution >= 0.6 is 11.3 Å². The number of hydrogen-bond acceptors (Lipinski definition) is 4. The van der Waals surface area contributed by atoms with E-state index in [0.29, 0.717) is 16.1 Å². The molecule has 0 bridgehead atoms. The molecule has 0 saturated heterocycles. The zero-order valence-electron chi connectivity index (χ0n) is 18.3. The molecule has 0 radical (unpaired) electrons. The van der Waals surface area contributed by atoms with Crippen molar-refractivity contribution in [3.63, 3.8) is 0 Å². The van der Waals surface area contributed by atoms with Gasteiger partial charge >= 0.3 is 0 Å². The number of carbonyl (C=O) groups excluding carboxylic acids is 1. The van der Waals surface area contributed by atoms with Crippen molar-refractivity contribution < 1.29 is 9.18 Å². The lowest BCUT2D eigenvalue weighted by Crippen LogP contribution is -2.36. The number of nitrogens with one attached hydrogen (secondary N) is 1. The molecule has 0 aliphatic heterocycles. The first-order chi connectivity index (χ1) is 15.2. The number of nitriles is 1. The summed E-state index contributed by atoms with van der Waals surface area (Å²) in [6, 6.07) is 15.0. The Bertz CT molecular complexity index is 1340. The van der Waals surface area contributed by atoms with E-state index >= 15 is 0 Å². The molecular weight excluding hydrogens is 425 g/mol. The highest BCUT2D eigenvalue weighted by molar-refractivity contribution is 7.07. The summed E-state index contributed by atoms with van der Waals surface area (Å²) >= 11 is 1.06. The van der Waals surface area contributed by atoms with Gasteiger partial charge in [-0.05, 0) is 61.2 Å². The second-order valence-electron chi connectivity index (χ2n) is 7.97. The predicted molar refractivity (Wildman–Crippen MR) is 126 cm³/mol. The lowest BCUT2D eigenvalue weighted by Gasteiger charge is -2.07. The van der Waals surface area contributed by atoms with Gasteiger partial charge in [-0.2, -0.15) is 5.26 Å². The van der Waals surface area contributed by atoms with Crippen LogP contribution < -0.4 is 20.1 Å². The summed E-state index contributed by atoms with van der Waals surface area (Å²) in [7, 11) is 0. The number of thiazole rings is 1. The summed E-state index contributed by atoms with van der Waals surface area (Å²) in [5.41, 5.74) is 1.84. The molecule has 1 aromatic heterocycles. The third kappa shape index (κ3) is 5.04. The van der Waals surface area contributed by atoms with Crippen LogP contribution in [-0.4, -0.2) is 16.5 Å². The van der Waals surface area contributed by atoms with Crippen LogP contribution in [0, 0.1) is 17.1 Å². The Morgan fingerprint density at radius 2 is 1.72 bits per heavy atom. The molecule has 3 rings (SSSR count). The van der Waals surface area contributed by atoms with Crippen LogP contribution in [0.15, 0.2) is 53.3 Å². The second kappa shape index (κ2) is 9.75. The van der Waals surface area contributed by atoms with Crippen molar-refractivity contribution in [3.05, 3.63) is 85.0 Å². The van der Waals surface area contributed by atoms with Crippen LogP contribution in [0.2, 0.25) is 0 Å². The molecule has 1 amide bonds. The zero-order chi connectivity index (χ0) is 23.4. The predicted octanol–water partition coefficient (Wildman–Crippen LogP) is 3.19. The lowest BCUT2D eigenvalue weighted by atomic mass is 10.0. The summed E-state index contributed by atoms with van der Waals surface area (Å²) in [5, 5.41) is 12.4. The maximum atomic E-state index is 13.5. The minimum atomic E-state index is -0.563. The molecular formula is C25H24FN3O2S. The highest BCUT2D eigenvalue weighted by Crippen LogP contribution is 2.15. The van der Waals surface area contributed by atoms with Gasteiger partial charge in [0.05, 0.1) is 10.2 Å². The molecule has 0 aliphatic rings. The van der Waals surface area contributed by atoms with E-state index in [-0.39, 0.29) is 21.8 Å². The topological polar surface area (TPSA) is 74.9 Å². The van der Waals surface area contributed by atoms with Crippen LogP contribution in [0.3, 0.4) is 0 Å². The number of rotatable bonds is 5. The van der Waals surface area contributed by atoms with Crippen LogP contribution in [0.25, 0.3) is 17.3 Å². The average molecular weight is 450 g/mol. The van der Waals surface area contributed by atoms with Gasteiger partial charge in [-0.1, -0.05) is 38.1 Å². The number of carbonyl (C=O) groups is 1. The fraction of sp³-hybridized carbons (Fsp3) is 0.240. The highest BCUT2D eigenvalue weighted by Gasteiger charge is 2.17. The van der Waals surface area contributed by atoms with Gasteiger partial charge in [-0.15, -0.1) is 11.3 Å². The molecule has 7 heteroatoms. The van der Waals surface area contributed by atoms with Crippen molar-refractivity contribution in [1.29, 1.82) is 5.26 Å². The van der Waals surface area contributed by atoms with E-state index in [1.807, 2.05) is 30.3 Å². The van der Waals surface area contributed by atoms with Crippen molar-refractivity contribution >= 4 is 28.9 Å². The Balaban J connectivity index is 2.30. The summed E-state index contributed by atoms with van der Waals surface area (Å²) < 4.78 is 15.3. The molecule has 2 aromatic carbocycles. The van der Waals surface area contributed by atoms with Gasteiger partial charge in [0.15, 0.2) is 5.57 Å². The highest BCUT2D eigenvalue weighted by atomic mass is 32.1. The molecule has 164 valence electrons. The normalized spacial score (nSPS) is 12.8. The quantitative estimate of drug-likeness (QED) is 0.650. The number of benzene rings is 2. The third-order valence-electron chi connectivity index (χ3n) is 4.78. The molecule has 3 aromatic rings. The van der Waals surface area contributed by atoms with Crippen LogP contribution in [-0.2, 0) is 4.79 Å². The third-order valence-corrected chi connectivity index (χ3v) is 5.87. The minimum absolute atomic E-state index is 0.167. The van der Waals surface area contributed by atoms with Crippen molar-refractivity contribution in [2.45, 2.75) is 39.7 Å². The van der Waals surface area contributed by atoms with Gasteiger partial charge < -0.3 is 5.32 Å². The van der Waals surface area contributed by atoms with Crippen LogP contribution in [0.5, 0.6) is 0 Å². The molecule has 1 N–H and O–H groups in total. The van der Waals surface area contributed by atoms with Crippen molar-refractivity contribution in [2.24, 2.45) is 0 Å². The molecule has 0 atom stereocenters. The Labute approximate surface area is 189 Å². The summed E-state index contributed by atoms with van der Waals surface area (Å²) in [4.78, 5) is 26.0. The molecule has 5 nitrogen and oxygen atoms in total. The van der Waals surface area contributed by atoms with E-state index in [1.54, 1.807) is 19.9 Å². The van der Waals surface area contributed by atoms with E-state index in [0.717, 1.165) is 16.9 Å². The van der Waals surface area contributed by atoms with Gasteiger partial charge in [0.2, 0.25) is 0 Å². The molecule has 0 fully saturated rings.